The van der Waals surface area contributed by atoms with Gasteiger partial charge in [-0.3, -0.25) is 0 Å². The number of hydrogen-bond donors (Lipinski definition) is 0. The third-order valence-corrected chi connectivity index (χ3v) is 15.9. The molecule has 0 radical (unpaired) electrons. The summed E-state index contributed by atoms with van der Waals surface area (Å²) in [5.41, 5.74) is 20.5. The zero-order valence-corrected chi connectivity index (χ0v) is 39.6. The molecule has 0 saturated heterocycles. The van der Waals surface area contributed by atoms with Gasteiger partial charge in [0, 0.05) is 66.9 Å². The summed E-state index contributed by atoms with van der Waals surface area (Å²) >= 11 is 0. The number of hydrogen-bond acceptors (Lipinski definition) is 5. The average molecular weight is 883 g/mol. The number of nitrogens with zero attached hydrogens (tertiary/aromatic N) is 2. The van der Waals surface area contributed by atoms with Crippen LogP contribution >= 0.6 is 0 Å². The summed E-state index contributed by atoms with van der Waals surface area (Å²) in [6.45, 7) is 16.1. The van der Waals surface area contributed by atoms with Gasteiger partial charge < -0.3 is 23.0 Å². The highest BCUT2D eigenvalue weighted by molar-refractivity contribution is 6.93. The molecule has 0 bridgehead atoms. The van der Waals surface area contributed by atoms with Crippen LogP contribution in [0.1, 0.15) is 78.0 Å². The summed E-state index contributed by atoms with van der Waals surface area (Å²) in [6, 6.07) is 57.9. The van der Waals surface area contributed by atoms with Crippen molar-refractivity contribution in [2.24, 2.45) is 0 Å². The number of furan rings is 3. The van der Waals surface area contributed by atoms with E-state index < -0.39 is 0 Å². The Hall–Kier alpha value is -7.44. The second kappa shape index (κ2) is 13.6. The van der Waals surface area contributed by atoms with Crippen LogP contribution in [0.5, 0.6) is 0 Å². The molecular weight excluding hydrogens is 832 g/mol. The Morgan fingerprint density at radius 3 is 1.91 bits per heavy atom. The summed E-state index contributed by atoms with van der Waals surface area (Å²) in [6.07, 6.45) is 2.28. The van der Waals surface area contributed by atoms with Gasteiger partial charge in [-0.25, -0.2) is 0 Å². The Labute approximate surface area is 396 Å². The molecule has 0 saturated carbocycles. The molecule has 0 N–H and O–H groups in total. The van der Waals surface area contributed by atoms with Gasteiger partial charge in [0.1, 0.15) is 33.6 Å². The quantitative estimate of drug-likeness (QED) is 0.165. The first-order valence-electron chi connectivity index (χ1n) is 24.2. The van der Waals surface area contributed by atoms with Crippen LogP contribution in [0.15, 0.2) is 171 Å². The lowest BCUT2D eigenvalue weighted by Crippen LogP contribution is -2.61. The molecule has 3 aliphatic rings. The molecule has 11 aromatic rings. The zero-order valence-electron chi connectivity index (χ0n) is 39.6. The molecule has 5 heterocycles. The van der Waals surface area contributed by atoms with Crippen molar-refractivity contribution in [3.63, 3.8) is 0 Å². The normalized spacial score (nSPS) is 15.9. The van der Waals surface area contributed by atoms with Gasteiger partial charge in [-0.15, -0.1) is 0 Å². The number of fused-ring (bicyclic) bond motifs is 14. The Balaban J connectivity index is 1.16. The van der Waals surface area contributed by atoms with Crippen LogP contribution in [-0.4, -0.2) is 6.85 Å². The molecule has 8 aromatic carbocycles. The lowest BCUT2D eigenvalue weighted by atomic mass is 9.45. The number of rotatable bonds is 3. The predicted molar refractivity (Wildman–Crippen MR) is 284 cm³/mol. The minimum absolute atomic E-state index is 0.00119. The van der Waals surface area contributed by atoms with E-state index >= 15 is 0 Å². The maximum Gasteiger partial charge on any atom is 0.376 e. The van der Waals surface area contributed by atoms with Gasteiger partial charge in [-0.1, -0.05) is 139 Å². The Morgan fingerprint density at radius 1 is 0.500 bits per heavy atom. The topological polar surface area (TPSA) is 45.9 Å². The molecule has 6 heteroatoms. The fraction of sp³-hybridized carbons (Fsp3) is 0.194. The highest BCUT2D eigenvalue weighted by Crippen LogP contribution is 2.55. The Bertz CT molecular complexity index is 3920. The highest BCUT2D eigenvalue weighted by atomic mass is 16.3. The van der Waals surface area contributed by atoms with Gasteiger partial charge >= 0.3 is 6.85 Å². The summed E-state index contributed by atoms with van der Waals surface area (Å²) in [5.74, 6) is 0. The molecule has 5 nitrogen and oxygen atoms in total. The van der Waals surface area contributed by atoms with E-state index in [9.17, 15) is 0 Å². The fourth-order valence-electron chi connectivity index (χ4n) is 12.1. The maximum atomic E-state index is 7.48. The number of para-hydroxylation sites is 2. The molecule has 3 aromatic heterocycles. The van der Waals surface area contributed by atoms with Gasteiger partial charge in [0.05, 0.1) is 5.69 Å². The van der Waals surface area contributed by atoms with E-state index in [1.54, 1.807) is 0 Å². The van der Waals surface area contributed by atoms with Crippen molar-refractivity contribution in [3.05, 3.63) is 174 Å². The van der Waals surface area contributed by atoms with Crippen LogP contribution in [0.3, 0.4) is 0 Å². The summed E-state index contributed by atoms with van der Waals surface area (Å²) < 4.78 is 21.4. The van der Waals surface area contributed by atoms with Crippen molar-refractivity contribution >= 4 is 101 Å². The SMILES string of the molecule is CC(C)(C)c1ccc(N2B3c4oc5ccc(-c6ccccc6)cc5c4N(c4ccc5c(c4)C(C)(C)CCC5(C)C)c4cc5c(oc6ccccc65)c(c43)-c3cc4c(cc32)oc2ccccc24)cc1. The molecule has 2 aliphatic heterocycles. The van der Waals surface area contributed by atoms with Gasteiger partial charge in [-0.05, 0) is 123 Å². The van der Waals surface area contributed by atoms with E-state index in [1.807, 2.05) is 0 Å². The van der Waals surface area contributed by atoms with Crippen molar-refractivity contribution in [2.45, 2.75) is 77.6 Å². The van der Waals surface area contributed by atoms with Gasteiger partial charge in [0.2, 0.25) is 0 Å². The molecule has 14 rings (SSSR count). The molecule has 0 amide bonds. The van der Waals surface area contributed by atoms with E-state index in [-0.39, 0.29) is 23.1 Å². The Kier molecular flexibility index (Phi) is 7.94. The average Bonchev–Trinajstić information content (AvgIpc) is 4.03. The first-order chi connectivity index (χ1) is 32.8. The first-order valence-corrected chi connectivity index (χ1v) is 24.2. The van der Waals surface area contributed by atoms with Crippen molar-refractivity contribution in [3.8, 4) is 22.3 Å². The standard InChI is InChI=1S/C62H51BN2O3/c1-60(2,3)38-22-24-39(25-23-38)65-49-35-54-43(41-17-11-13-19-51(41)66-54)33-45(49)55-56-50(34-44-42-18-12-14-20-52(42)67-58(44)55)64(40-26-27-47-48(32-40)62(6,7)30-29-61(47,4)5)57-46-31-37(36-15-9-8-10-16-36)21-28-53(46)68-59(57)63(56)65/h8-28,31-35H,29-30H2,1-7H3. The third-order valence-electron chi connectivity index (χ3n) is 15.9. The predicted octanol–water partition coefficient (Wildman–Crippen LogP) is 16.3. The highest BCUT2D eigenvalue weighted by Gasteiger charge is 2.50. The molecule has 0 unspecified atom stereocenters. The van der Waals surface area contributed by atoms with Crippen molar-refractivity contribution in [1.82, 2.24) is 0 Å². The van der Waals surface area contributed by atoms with Crippen molar-refractivity contribution in [2.75, 3.05) is 9.71 Å². The van der Waals surface area contributed by atoms with Crippen molar-refractivity contribution < 1.29 is 13.3 Å². The van der Waals surface area contributed by atoms with Crippen LogP contribution in [0.25, 0.3) is 77.1 Å². The van der Waals surface area contributed by atoms with E-state index in [2.05, 4.69) is 216 Å². The van der Waals surface area contributed by atoms with Crippen LogP contribution in [-0.2, 0) is 16.2 Å². The number of anilines is 5. The lowest BCUT2D eigenvalue weighted by molar-refractivity contribution is 0.332. The first kappa shape index (κ1) is 39.7. The summed E-state index contributed by atoms with van der Waals surface area (Å²) in [5, 5.41) is 5.42. The second-order valence-corrected chi connectivity index (χ2v) is 21.9. The largest absolute Gasteiger partial charge is 0.466 e. The van der Waals surface area contributed by atoms with E-state index in [0.29, 0.717) is 0 Å². The van der Waals surface area contributed by atoms with Gasteiger partial charge in [0.25, 0.3) is 0 Å². The minimum atomic E-state index is -0.376. The monoisotopic (exact) mass is 882 g/mol. The lowest BCUT2D eigenvalue weighted by Gasteiger charge is -2.45. The molecule has 0 atom stereocenters. The smallest absolute Gasteiger partial charge is 0.376 e. The fourth-order valence-corrected chi connectivity index (χ4v) is 12.1. The molecule has 68 heavy (non-hydrogen) atoms. The molecule has 0 fully saturated rings. The van der Waals surface area contributed by atoms with Crippen molar-refractivity contribution in [1.29, 1.82) is 0 Å². The van der Waals surface area contributed by atoms with E-state index in [0.717, 1.165) is 124 Å². The van der Waals surface area contributed by atoms with E-state index in [4.69, 9.17) is 13.3 Å². The molecule has 330 valence electrons. The van der Waals surface area contributed by atoms with E-state index in [1.165, 1.54) is 22.3 Å². The van der Waals surface area contributed by atoms with Crippen LogP contribution in [0, 0.1) is 0 Å². The second-order valence-electron chi connectivity index (χ2n) is 21.9. The van der Waals surface area contributed by atoms with Crippen LogP contribution in [0.2, 0.25) is 0 Å². The minimum Gasteiger partial charge on any atom is -0.466 e. The van der Waals surface area contributed by atoms with Crippen LogP contribution in [0.4, 0.5) is 28.4 Å². The molecule has 0 spiro atoms. The molecule has 1 aliphatic carbocycles. The Morgan fingerprint density at radius 2 is 1.16 bits per heavy atom. The third kappa shape index (κ3) is 5.52. The van der Waals surface area contributed by atoms with Gasteiger partial charge in [0.15, 0.2) is 0 Å². The number of benzene rings is 8. The van der Waals surface area contributed by atoms with Crippen LogP contribution < -0.4 is 20.8 Å². The summed E-state index contributed by atoms with van der Waals surface area (Å²) in [4.78, 5) is 5.06. The summed E-state index contributed by atoms with van der Waals surface area (Å²) in [7, 11) is 0. The maximum absolute atomic E-state index is 7.48. The van der Waals surface area contributed by atoms with Gasteiger partial charge in [-0.2, -0.15) is 0 Å². The molecular formula is C62H51BN2O3. The zero-order chi connectivity index (χ0) is 46.0.